The first-order valence-corrected chi connectivity index (χ1v) is 7.24. The first kappa shape index (κ1) is 13.6. The summed E-state index contributed by atoms with van der Waals surface area (Å²) in [5, 5.41) is 12.8. The second kappa shape index (κ2) is 5.91. The summed E-state index contributed by atoms with van der Waals surface area (Å²) in [7, 11) is 0. The highest BCUT2D eigenvalue weighted by molar-refractivity contribution is 9.10. The fraction of sp³-hybridized carbons (Fsp3) is 0.308. The molecule has 1 atom stereocenters. The minimum absolute atomic E-state index is 0.295. The Labute approximate surface area is 118 Å². The van der Waals surface area contributed by atoms with Crippen molar-refractivity contribution in [3.8, 4) is 0 Å². The van der Waals surface area contributed by atoms with Gasteiger partial charge in [-0.3, -0.25) is 0 Å². The summed E-state index contributed by atoms with van der Waals surface area (Å²) < 4.78 is 13.9. The van der Waals surface area contributed by atoms with E-state index in [1.165, 1.54) is 12.1 Å². The SMILES string of the molecule is Cc1csc(CC(O)Cc2cc(F)cc(Br)c2)n1. The van der Waals surface area contributed by atoms with Crippen LogP contribution in [0.2, 0.25) is 0 Å². The Morgan fingerprint density at radius 1 is 1.39 bits per heavy atom. The zero-order valence-electron chi connectivity index (χ0n) is 9.86. The minimum atomic E-state index is -0.538. The normalized spacial score (nSPS) is 12.7. The lowest BCUT2D eigenvalue weighted by Crippen LogP contribution is -2.14. The molecule has 1 unspecified atom stereocenters. The van der Waals surface area contributed by atoms with Gasteiger partial charge in [0.1, 0.15) is 5.82 Å². The van der Waals surface area contributed by atoms with Crippen molar-refractivity contribution in [3.63, 3.8) is 0 Å². The van der Waals surface area contributed by atoms with Crippen molar-refractivity contribution in [1.29, 1.82) is 0 Å². The summed E-state index contributed by atoms with van der Waals surface area (Å²) in [5.41, 5.74) is 1.75. The highest BCUT2D eigenvalue weighted by Gasteiger charge is 2.10. The van der Waals surface area contributed by atoms with Crippen LogP contribution in [0.3, 0.4) is 0 Å². The largest absolute Gasteiger partial charge is 0.392 e. The van der Waals surface area contributed by atoms with Crippen LogP contribution in [0.15, 0.2) is 28.1 Å². The molecule has 0 bridgehead atoms. The van der Waals surface area contributed by atoms with E-state index in [1.54, 1.807) is 11.3 Å². The monoisotopic (exact) mass is 329 g/mol. The maximum Gasteiger partial charge on any atom is 0.124 e. The van der Waals surface area contributed by atoms with E-state index in [2.05, 4.69) is 20.9 Å². The molecule has 0 aliphatic heterocycles. The third kappa shape index (κ3) is 3.86. The number of aromatic nitrogens is 1. The van der Waals surface area contributed by atoms with E-state index in [0.717, 1.165) is 16.3 Å². The van der Waals surface area contributed by atoms with E-state index in [0.29, 0.717) is 17.3 Å². The Morgan fingerprint density at radius 2 is 2.17 bits per heavy atom. The van der Waals surface area contributed by atoms with E-state index in [1.807, 2.05) is 18.4 Å². The van der Waals surface area contributed by atoms with Gasteiger partial charge in [-0.2, -0.15) is 0 Å². The van der Waals surface area contributed by atoms with Gasteiger partial charge in [-0.1, -0.05) is 15.9 Å². The number of aliphatic hydroxyl groups excluding tert-OH is 1. The van der Waals surface area contributed by atoms with E-state index >= 15 is 0 Å². The van der Waals surface area contributed by atoms with Gasteiger partial charge in [0.15, 0.2) is 0 Å². The topological polar surface area (TPSA) is 33.1 Å². The number of halogens is 2. The molecule has 0 amide bonds. The molecule has 0 spiro atoms. The molecule has 0 saturated carbocycles. The maximum atomic E-state index is 13.2. The van der Waals surface area contributed by atoms with E-state index in [-0.39, 0.29) is 5.82 Å². The number of benzene rings is 1. The molecule has 5 heteroatoms. The van der Waals surface area contributed by atoms with Gasteiger partial charge < -0.3 is 5.11 Å². The lowest BCUT2D eigenvalue weighted by atomic mass is 10.1. The lowest BCUT2D eigenvalue weighted by Gasteiger charge is -2.09. The summed E-state index contributed by atoms with van der Waals surface area (Å²) in [6.07, 6.45) is 0.394. The van der Waals surface area contributed by atoms with E-state index in [4.69, 9.17) is 0 Å². The Balaban J connectivity index is 2.00. The summed E-state index contributed by atoms with van der Waals surface area (Å²) in [6, 6.07) is 4.67. The van der Waals surface area contributed by atoms with Gasteiger partial charge in [0, 0.05) is 22.0 Å². The van der Waals surface area contributed by atoms with Gasteiger partial charge in [0.05, 0.1) is 11.1 Å². The number of hydrogen-bond donors (Lipinski definition) is 1. The van der Waals surface area contributed by atoms with Crippen LogP contribution in [0.1, 0.15) is 16.3 Å². The van der Waals surface area contributed by atoms with Crippen LogP contribution in [0.25, 0.3) is 0 Å². The zero-order chi connectivity index (χ0) is 13.1. The van der Waals surface area contributed by atoms with Crippen LogP contribution >= 0.6 is 27.3 Å². The van der Waals surface area contributed by atoms with Crippen molar-refractivity contribution in [1.82, 2.24) is 4.98 Å². The molecule has 2 rings (SSSR count). The fourth-order valence-corrected chi connectivity index (χ4v) is 3.13. The van der Waals surface area contributed by atoms with E-state index < -0.39 is 6.10 Å². The average Bonchev–Trinajstić information content (AvgIpc) is 2.61. The van der Waals surface area contributed by atoms with Crippen LogP contribution in [0.5, 0.6) is 0 Å². The van der Waals surface area contributed by atoms with Crippen LogP contribution in [-0.2, 0) is 12.8 Å². The first-order valence-electron chi connectivity index (χ1n) is 5.57. The summed E-state index contributed by atoms with van der Waals surface area (Å²) in [4.78, 5) is 4.30. The molecule has 0 fully saturated rings. The highest BCUT2D eigenvalue weighted by atomic mass is 79.9. The van der Waals surface area contributed by atoms with Gasteiger partial charge in [-0.25, -0.2) is 9.37 Å². The minimum Gasteiger partial charge on any atom is -0.392 e. The first-order chi connectivity index (χ1) is 8.52. The summed E-state index contributed by atoms with van der Waals surface area (Å²) in [5.74, 6) is -0.295. The number of rotatable bonds is 4. The molecule has 2 nitrogen and oxygen atoms in total. The van der Waals surface area contributed by atoms with Crippen LogP contribution in [0.4, 0.5) is 4.39 Å². The Bertz CT molecular complexity index is 523. The van der Waals surface area contributed by atoms with Crippen molar-refractivity contribution in [2.45, 2.75) is 25.9 Å². The van der Waals surface area contributed by atoms with Gasteiger partial charge in [-0.05, 0) is 37.1 Å². The second-order valence-corrected chi connectivity index (χ2v) is 6.08. The molecule has 1 aromatic heterocycles. The van der Waals surface area contributed by atoms with Crippen molar-refractivity contribution in [2.75, 3.05) is 0 Å². The fourth-order valence-electron chi connectivity index (χ4n) is 1.77. The second-order valence-electron chi connectivity index (χ2n) is 4.22. The molecule has 96 valence electrons. The highest BCUT2D eigenvalue weighted by Crippen LogP contribution is 2.18. The van der Waals surface area contributed by atoms with Gasteiger partial charge in [0.2, 0.25) is 0 Å². The standard InChI is InChI=1S/C13H13BrFNOS/c1-8-7-18-13(16-8)6-12(17)4-9-2-10(14)5-11(15)3-9/h2-3,5,7,12,17H,4,6H2,1H3. The molecule has 0 radical (unpaired) electrons. The average molecular weight is 330 g/mol. The Kier molecular flexibility index (Phi) is 4.48. The molecular weight excluding hydrogens is 317 g/mol. The quantitative estimate of drug-likeness (QED) is 0.931. The summed E-state index contributed by atoms with van der Waals surface area (Å²) in [6.45, 7) is 1.93. The number of nitrogens with zero attached hydrogens (tertiary/aromatic N) is 1. The molecule has 0 saturated heterocycles. The van der Waals surface area contributed by atoms with Crippen LogP contribution in [-0.4, -0.2) is 16.2 Å². The van der Waals surface area contributed by atoms with E-state index in [9.17, 15) is 9.50 Å². The third-order valence-corrected chi connectivity index (χ3v) is 3.92. The van der Waals surface area contributed by atoms with Gasteiger partial charge in [-0.15, -0.1) is 11.3 Å². The molecule has 0 aliphatic rings. The number of thiazole rings is 1. The smallest absolute Gasteiger partial charge is 0.124 e. The number of aryl methyl sites for hydroxylation is 1. The third-order valence-electron chi connectivity index (χ3n) is 2.47. The van der Waals surface area contributed by atoms with Gasteiger partial charge in [0.25, 0.3) is 0 Å². The molecule has 1 heterocycles. The molecule has 1 aromatic carbocycles. The van der Waals surface area contributed by atoms with Crippen LogP contribution in [0, 0.1) is 12.7 Å². The molecule has 18 heavy (non-hydrogen) atoms. The van der Waals surface area contributed by atoms with Gasteiger partial charge >= 0.3 is 0 Å². The predicted octanol–water partition coefficient (Wildman–Crippen LogP) is 3.50. The molecular formula is C13H13BrFNOS. The van der Waals surface area contributed by atoms with Crippen LogP contribution < -0.4 is 0 Å². The Hall–Kier alpha value is -0.780. The molecule has 1 N–H and O–H groups in total. The van der Waals surface area contributed by atoms with Crippen molar-refractivity contribution < 1.29 is 9.50 Å². The maximum absolute atomic E-state index is 13.2. The predicted molar refractivity (Wildman–Crippen MR) is 74.4 cm³/mol. The zero-order valence-corrected chi connectivity index (χ0v) is 12.3. The van der Waals surface area contributed by atoms with Crippen molar-refractivity contribution >= 4 is 27.3 Å². The molecule has 2 aromatic rings. The van der Waals surface area contributed by atoms with Crippen molar-refractivity contribution in [2.24, 2.45) is 0 Å². The Morgan fingerprint density at radius 3 is 2.78 bits per heavy atom. The number of aliphatic hydroxyl groups is 1. The number of hydrogen-bond acceptors (Lipinski definition) is 3. The molecule has 0 aliphatic carbocycles. The van der Waals surface area contributed by atoms with Crippen molar-refractivity contribution in [3.05, 3.63) is 50.1 Å². The lowest BCUT2D eigenvalue weighted by molar-refractivity contribution is 0.175. The summed E-state index contributed by atoms with van der Waals surface area (Å²) >= 11 is 4.78.